The molecule has 1 saturated heterocycles. The van der Waals surface area contributed by atoms with Crippen molar-refractivity contribution in [3.05, 3.63) is 59.7 Å². The summed E-state index contributed by atoms with van der Waals surface area (Å²) in [5, 5.41) is 12.8. The van der Waals surface area contributed by atoms with Crippen LogP contribution in [0.15, 0.2) is 48.5 Å². The van der Waals surface area contributed by atoms with Gasteiger partial charge in [0.1, 0.15) is 6.61 Å². The first-order chi connectivity index (χ1) is 16.2. The first-order valence-corrected chi connectivity index (χ1v) is 11.2. The fourth-order valence-electron chi connectivity index (χ4n) is 4.47. The molecule has 1 aliphatic carbocycles. The first-order valence-electron chi connectivity index (χ1n) is 11.2. The molecule has 34 heavy (non-hydrogen) atoms. The molecule has 2 aromatic carbocycles. The van der Waals surface area contributed by atoms with E-state index in [0.29, 0.717) is 6.42 Å². The minimum atomic E-state index is -1.28. The van der Waals surface area contributed by atoms with Crippen molar-refractivity contribution in [2.24, 2.45) is 5.41 Å². The number of carboxylic acids is 1. The highest BCUT2D eigenvalue weighted by atomic mass is 16.5. The van der Waals surface area contributed by atoms with E-state index in [-0.39, 0.29) is 25.5 Å². The van der Waals surface area contributed by atoms with E-state index < -0.39 is 35.3 Å². The van der Waals surface area contributed by atoms with Gasteiger partial charge in [-0.15, -0.1) is 0 Å². The van der Waals surface area contributed by atoms with Gasteiger partial charge in [-0.2, -0.15) is 0 Å². The number of nitrogens with one attached hydrogen (secondary N) is 2. The van der Waals surface area contributed by atoms with Gasteiger partial charge < -0.3 is 15.2 Å². The molecule has 2 atom stereocenters. The molecular formula is C25H27N3O6. The normalized spacial score (nSPS) is 18.5. The molecule has 0 radical (unpaired) electrons. The molecule has 3 N–H and O–H groups in total. The highest BCUT2D eigenvalue weighted by Crippen LogP contribution is 2.44. The lowest BCUT2D eigenvalue weighted by Crippen LogP contribution is -2.55. The zero-order chi connectivity index (χ0) is 24.5. The smallest absolute Gasteiger partial charge is 0.407 e. The van der Waals surface area contributed by atoms with Gasteiger partial charge in [-0.1, -0.05) is 55.5 Å². The van der Waals surface area contributed by atoms with Crippen molar-refractivity contribution in [1.29, 1.82) is 0 Å². The van der Waals surface area contributed by atoms with E-state index in [9.17, 15) is 24.3 Å². The van der Waals surface area contributed by atoms with Crippen LogP contribution < -0.4 is 10.7 Å². The number of carbonyl (C=O) groups excluding carboxylic acids is 3. The number of fused-ring (bicyclic) bond motifs is 3. The van der Waals surface area contributed by atoms with E-state index >= 15 is 0 Å². The number of hydrazine groups is 1. The predicted molar refractivity (Wildman–Crippen MR) is 122 cm³/mol. The Morgan fingerprint density at radius 1 is 1.12 bits per heavy atom. The highest BCUT2D eigenvalue weighted by molar-refractivity contribution is 5.95. The molecule has 9 heteroatoms. The monoisotopic (exact) mass is 465 g/mol. The number of carbonyl (C=O) groups is 4. The maximum atomic E-state index is 13.1. The van der Waals surface area contributed by atoms with Gasteiger partial charge in [0.25, 0.3) is 0 Å². The van der Waals surface area contributed by atoms with Crippen LogP contribution in [0.1, 0.15) is 43.7 Å². The van der Waals surface area contributed by atoms with Crippen molar-refractivity contribution in [2.75, 3.05) is 13.2 Å². The fourth-order valence-corrected chi connectivity index (χ4v) is 4.47. The summed E-state index contributed by atoms with van der Waals surface area (Å²) in [5.41, 5.74) is 5.61. The Kier molecular flexibility index (Phi) is 6.28. The van der Waals surface area contributed by atoms with Crippen molar-refractivity contribution >= 4 is 23.9 Å². The Hall–Kier alpha value is -3.88. The predicted octanol–water partition coefficient (Wildman–Crippen LogP) is 2.66. The highest BCUT2D eigenvalue weighted by Gasteiger charge is 2.45. The third kappa shape index (κ3) is 4.21. The molecule has 4 rings (SSSR count). The number of aliphatic carboxylic acids is 1. The van der Waals surface area contributed by atoms with Crippen LogP contribution in [0.3, 0.4) is 0 Å². The van der Waals surface area contributed by atoms with Crippen molar-refractivity contribution in [3.8, 4) is 11.1 Å². The molecule has 3 amide bonds. The minimum Gasteiger partial charge on any atom is -0.480 e. The maximum absolute atomic E-state index is 13.1. The van der Waals surface area contributed by atoms with Crippen LogP contribution in [0.2, 0.25) is 0 Å². The lowest BCUT2D eigenvalue weighted by Gasteiger charge is -2.32. The minimum absolute atomic E-state index is 0.0717. The van der Waals surface area contributed by atoms with Gasteiger partial charge in [-0.05, 0) is 35.6 Å². The Labute approximate surface area is 197 Å². The average Bonchev–Trinajstić information content (AvgIpc) is 3.39. The number of amides is 3. The molecule has 0 spiro atoms. The lowest BCUT2D eigenvalue weighted by molar-refractivity contribution is -0.155. The Bertz CT molecular complexity index is 1100. The number of alkyl carbamates (subject to hydrolysis) is 1. The first kappa shape index (κ1) is 23.3. The quantitative estimate of drug-likeness (QED) is 0.577. The van der Waals surface area contributed by atoms with E-state index in [4.69, 9.17) is 4.74 Å². The van der Waals surface area contributed by atoms with Crippen LogP contribution in [0.25, 0.3) is 11.1 Å². The van der Waals surface area contributed by atoms with E-state index in [0.717, 1.165) is 27.3 Å². The second kappa shape index (κ2) is 9.17. The van der Waals surface area contributed by atoms with E-state index in [1.165, 1.54) is 0 Å². The summed E-state index contributed by atoms with van der Waals surface area (Å²) in [6, 6.07) is 14.7. The van der Waals surface area contributed by atoms with Gasteiger partial charge >= 0.3 is 12.1 Å². The molecule has 2 aromatic rings. The molecule has 178 valence electrons. The van der Waals surface area contributed by atoms with Crippen molar-refractivity contribution in [1.82, 2.24) is 15.8 Å². The Morgan fingerprint density at radius 3 is 2.26 bits per heavy atom. The summed E-state index contributed by atoms with van der Waals surface area (Å²) in [6.07, 6.45) is -0.663. The van der Waals surface area contributed by atoms with E-state index in [1.54, 1.807) is 13.8 Å². The molecule has 0 aromatic heterocycles. The van der Waals surface area contributed by atoms with Crippen LogP contribution in [0, 0.1) is 5.41 Å². The van der Waals surface area contributed by atoms with Crippen LogP contribution in [0.5, 0.6) is 0 Å². The second-order valence-corrected chi connectivity index (χ2v) is 8.86. The SMILES string of the molecule is CCC(C)(CNC(=O)OCC1c2ccccc2-c2ccccc21)C(=O)N1NC(=O)CC1C(=O)O. The summed E-state index contributed by atoms with van der Waals surface area (Å²) < 4.78 is 5.52. The molecule has 0 saturated carbocycles. The number of hydrogen-bond donors (Lipinski definition) is 3. The number of nitrogens with zero attached hydrogens (tertiary/aromatic N) is 1. The number of rotatable bonds is 7. The zero-order valence-corrected chi connectivity index (χ0v) is 19.0. The summed E-state index contributed by atoms with van der Waals surface area (Å²) >= 11 is 0. The average molecular weight is 466 g/mol. The van der Waals surface area contributed by atoms with Crippen molar-refractivity contribution in [2.45, 2.75) is 38.6 Å². The van der Waals surface area contributed by atoms with Gasteiger partial charge in [-0.25, -0.2) is 14.6 Å². The van der Waals surface area contributed by atoms with Crippen LogP contribution in [-0.4, -0.2) is 53.2 Å². The molecule has 0 bridgehead atoms. The summed E-state index contributed by atoms with van der Waals surface area (Å²) in [7, 11) is 0. The second-order valence-electron chi connectivity index (χ2n) is 8.86. The standard InChI is InChI=1S/C25H27N3O6/c1-3-25(2,23(32)28-20(22(30)31)12-21(29)27-28)14-26-24(33)34-13-19-17-10-6-4-8-15(17)16-9-5-7-11-18(16)19/h4-11,19-20H,3,12-14H2,1-2H3,(H,26,33)(H,27,29)(H,30,31). The lowest BCUT2D eigenvalue weighted by atomic mass is 9.85. The molecule has 9 nitrogen and oxygen atoms in total. The summed E-state index contributed by atoms with van der Waals surface area (Å²) in [5.74, 6) is -2.47. The molecule has 2 aliphatic rings. The molecule has 1 aliphatic heterocycles. The van der Waals surface area contributed by atoms with E-state index in [2.05, 4.69) is 10.7 Å². The molecular weight excluding hydrogens is 438 g/mol. The Morgan fingerprint density at radius 2 is 1.71 bits per heavy atom. The van der Waals surface area contributed by atoms with Crippen LogP contribution in [-0.2, 0) is 19.1 Å². The van der Waals surface area contributed by atoms with Crippen molar-refractivity contribution in [3.63, 3.8) is 0 Å². The largest absolute Gasteiger partial charge is 0.480 e. The fraction of sp³-hybridized carbons (Fsp3) is 0.360. The van der Waals surface area contributed by atoms with Crippen LogP contribution in [0.4, 0.5) is 4.79 Å². The third-order valence-corrected chi connectivity index (χ3v) is 6.70. The summed E-state index contributed by atoms with van der Waals surface area (Å²) in [6.45, 7) is 3.44. The van der Waals surface area contributed by atoms with Gasteiger partial charge in [-0.3, -0.25) is 15.0 Å². The topological polar surface area (TPSA) is 125 Å². The van der Waals surface area contributed by atoms with Gasteiger partial charge in [0, 0.05) is 12.5 Å². The maximum Gasteiger partial charge on any atom is 0.407 e. The van der Waals surface area contributed by atoms with Gasteiger partial charge in [0.05, 0.1) is 11.8 Å². The molecule has 1 fully saturated rings. The number of carboxylic acid groups (broad SMARTS) is 1. The van der Waals surface area contributed by atoms with Crippen molar-refractivity contribution < 1.29 is 29.0 Å². The third-order valence-electron chi connectivity index (χ3n) is 6.70. The molecule has 1 heterocycles. The van der Waals surface area contributed by atoms with Crippen LogP contribution >= 0.6 is 0 Å². The number of ether oxygens (including phenoxy) is 1. The zero-order valence-electron chi connectivity index (χ0n) is 19.0. The number of benzene rings is 2. The molecule has 2 unspecified atom stereocenters. The summed E-state index contributed by atoms with van der Waals surface area (Å²) in [4.78, 5) is 48.7. The number of hydrogen-bond acceptors (Lipinski definition) is 5. The van der Waals surface area contributed by atoms with Gasteiger partial charge in [0.15, 0.2) is 6.04 Å². The Balaban J connectivity index is 1.39. The van der Waals surface area contributed by atoms with E-state index in [1.807, 2.05) is 48.5 Å². The van der Waals surface area contributed by atoms with Gasteiger partial charge in [0.2, 0.25) is 11.8 Å².